The average Bonchev–Trinajstić information content (AvgIpc) is 1.89. The van der Waals surface area contributed by atoms with Crippen molar-refractivity contribution in [1.82, 2.24) is 4.31 Å². The molecule has 0 rings (SSSR count). The quantitative estimate of drug-likeness (QED) is 0.573. The van der Waals surface area contributed by atoms with Crippen molar-refractivity contribution in [3.63, 3.8) is 0 Å². The first-order valence-electron chi connectivity index (χ1n) is 3.44. The van der Waals surface area contributed by atoms with Crippen molar-refractivity contribution in [2.75, 3.05) is 6.54 Å². The molecule has 0 atom stereocenters. The standard InChI is InChI=1S/C7H14FNS/c1-4-5-6-9(10-8)7(2)3/h2,4-6H2,1,3H3. The van der Waals surface area contributed by atoms with Crippen LogP contribution in [0.25, 0.3) is 0 Å². The molecule has 0 aliphatic rings. The van der Waals surface area contributed by atoms with E-state index in [4.69, 9.17) is 0 Å². The highest BCUT2D eigenvalue weighted by atomic mass is 32.2. The van der Waals surface area contributed by atoms with Gasteiger partial charge in [-0.25, -0.2) is 0 Å². The Morgan fingerprint density at radius 3 is 2.60 bits per heavy atom. The number of hydrogen-bond acceptors (Lipinski definition) is 2. The Balaban J connectivity index is 3.50. The molecule has 0 aliphatic carbocycles. The van der Waals surface area contributed by atoms with Gasteiger partial charge in [-0.1, -0.05) is 19.9 Å². The van der Waals surface area contributed by atoms with Crippen LogP contribution < -0.4 is 0 Å². The molecular formula is C7H14FNS. The predicted octanol–water partition coefficient (Wildman–Crippen LogP) is 3.15. The summed E-state index contributed by atoms with van der Waals surface area (Å²) in [4.78, 5) is 0. The molecule has 60 valence electrons. The van der Waals surface area contributed by atoms with Gasteiger partial charge in [0.2, 0.25) is 0 Å². The van der Waals surface area contributed by atoms with E-state index in [0.717, 1.165) is 25.1 Å². The van der Waals surface area contributed by atoms with Gasteiger partial charge in [0, 0.05) is 12.2 Å². The molecule has 0 aliphatic heterocycles. The van der Waals surface area contributed by atoms with Gasteiger partial charge in [0.1, 0.15) is 0 Å². The SMILES string of the molecule is C=C(C)N(CCCC)SF. The van der Waals surface area contributed by atoms with Gasteiger partial charge in [0.05, 0.1) is 0 Å². The van der Waals surface area contributed by atoms with Crippen molar-refractivity contribution in [2.45, 2.75) is 26.7 Å². The highest BCUT2D eigenvalue weighted by molar-refractivity contribution is 7.92. The van der Waals surface area contributed by atoms with Gasteiger partial charge in [-0.3, -0.25) is 4.31 Å². The van der Waals surface area contributed by atoms with E-state index >= 15 is 0 Å². The predicted molar refractivity (Wildman–Crippen MR) is 45.1 cm³/mol. The van der Waals surface area contributed by atoms with Gasteiger partial charge in [0.15, 0.2) is 12.3 Å². The minimum atomic E-state index is 0.252. The second kappa shape index (κ2) is 5.59. The fourth-order valence-corrected chi connectivity index (χ4v) is 0.902. The van der Waals surface area contributed by atoms with Gasteiger partial charge >= 0.3 is 0 Å². The number of allylic oxidation sites excluding steroid dienone is 1. The van der Waals surface area contributed by atoms with Crippen LogP contribution in [-0.2, 0) is 0 Å². The molecule has 0 spiro atoms. The van der Waals surface area contributed by atoms with Crippen LogP contribution in [0.1, 0.15) is 26.7 Å². The minimum Gasteiger partial charge on any atom is -0.294 e. The molecule has 0 saturated carbocycles. The molecule has 0 aromatic carbocycles. The number of halogens is 1. The Bertz CT molecular complexity index is 106. The van der Waals surface area contributed by atoms with Crippen molar-refractivity contribution in [1.29, 1.82) is 0 Å². The molecule has 0 unspecified atom stereocenters. The Kier molecular flexibility index (Phi) is 5.49. The largest absolute Gasteiger partial charge is 0.294 e. The van der Waals surface area contributed by atoms with Crippen molar-refractivity contribution >= 4 is 12.3 Å². The van der Waals surface area contributed by atoms with E-state index in [1.165, 1.54) is 0 Å². The summed E-state index contributed by atoms with van der Waals surface area (Å²) in [6, 6.07) is 0. The van der Waals surface area contributed by atoms with Gasteiger partial charge in [-0.15, -0.1) is 3.89 Å². The first-order chi connectivity index (χ1) is 4.72. The van der Waals surface area contributed by atoms with Crippen LogP contribution in [0.15, 0.2) is 12.3 Å². The maximum Gasteiger partial charge on any atom is 0.164 e. The van der Waals surface area contributed by atoms with Crippen LogP contribution in [0.4, 0.5) is 3.89 Å². The third kappa shape index (κ3) is 3.77. The summed E-state index contributed by atoms with van der Waals surface area (Å²) in [6.07, 6.45) is 2.11. The van der Waals surface area contributed by atoms with Gasteiger partial charge in [-0.2, -0.15) is 0 Å². The molecule has 0 bridgehead atoms. The van der Waals surface area contributed by atoms with Crippen molar-refractivity contribution in [3.8, 4) is 0 Å². The van der Waals surface area contributed by atoms with Gasteiger partial charge in [0.25, 0.3) is 0 Å². The molecule has 0 saturated heterocycles. The second-order valence-corrected chi connectivity index (χ2v) is 2.84. The molecule has 1 nitrogen and oxygen atoms in total. The second-order valence-electron chi connectivity index (χ2n) is 2.26. The first-order valence-corrected chi connectivity index (χ1v) is 4.11. The van der Waals surface area contributed by atoms with E-state index in [1.807, 2.05) is 6.92 Å². The maximum atomic E-state index is 12.0. The molecule has 3 heteroatoms. The lowest BCUT2D eigenvalue weighted by atomic mass is 10.3. The van der Waals surface area contributed by atoms with Crippen molar-refractivity contribution in [2.24, 2.45) is 0 Å². The zero-order valence-corrected chi connectivity index (χ0v) is 7.38. The van der Waals surface area contributed by atoms with E-state index in [0.29, 0.717) is 0 Å². The van der Waals surface area contributed by atoms with E-state index < -0.39 is 0 Å². The summed E-state index contributed by atoms with van der Waals surface area (Å²) in [5, 5.41) is 0. The fourth-order valence-electron chi connectivity index (χ4n) is 0.586. The lowest BCUT2D eigenvalue weighted by molar-refractivity contribution is 0.530. The maximum absolute atomic E-state index is 12.0. The highest BCUT2D eigenvalue weighted by Gasteiger charge is 2.01. The third-order valence-corrected chi connectivity index (χ3v) is 1.88. The zero-order chi connectivity index (χ0) is 7.98. The Morgan fingerprint density at radius 2 is 2.30 bits per heavy atom. The molecule has 0 N–H and O–H groups in total. The molecule has 0 amide bonds. The summed E-state index contributed by atoms with van der Waals surface area (Å²) in [5.41, 5.74) is 0.779. The molecule has 0 fully saturated rings. The molecule has 10 heavy (non-hydrogen) atoms. The topological polar surface area (TPSA) is 3.24 Å². The molecule has 0 heterocycles. The number of unbranched alkanes of at least 4 members (excludes halogenated alkanes) is 1. The van der Waals surface area contributed by atoms with E-state index in [2.05, 4.69) is 13.5 Å². The first kappa shape index (κ1) is 9.82. The Hall–Kier alpha value is -0.180. The average molecular weight is 163 g/mol. The Morgan fingerprint density at radius 1 is 1.70 bits per heavy atom. The van der Waals surface area contributed by atoms with Crippen molar-refractivity contribution in [3.05, 3.63) is 12.3 Å². The molecule has 0 radical (unpaired) electrons. The van der Waals surface area contributed by atoms with Gasteiger partial charge in [-0.05, 0) is 13.3 Å². The van der Waals surface area contributed by atoms with Crippen LogP contribution in [0, 0.1) is 0 Å². The summed E-state index contributed by atoms with van der Waals surface area (Å²) in [5.74, 6) is 0. The normalized spacial score (nSPS) is 9.50. The third-order valence-electron chi connectivity index (χ3n) is 1.22. The van der Waals surface area contributed by atoms with Crippen LogP contribution in [0.3, 0.4) is 0 Å². The van der Waals surface area contributed by atoms with E-state index in [9.17, 15) is 3.89 Å². The van der Waals surface area contributed by atoms with Crippen LogP contribution >= 0.6 is 12.3 Å². The van der Waals surface area contributed by atoms with Crippen LogP contribution in [0.5, 0.6) is 0 Å². The van der Waals surface area contributed by atoms with Crippen LogP contribution in [-0.4, -0.2) is 10.8 Å². The van der Waals surface area contributed by atoms with Crippen LogP contribution in [0.2, 0.25) is 0 Å². The zero-order valence-electron chi connectivity index (χ0n) is 6.56. The summed E-state index contributed by atoms with van der Waals surface area (Å²) < 4.78 is 13.6. The highest BCUT2D eigenvalue weighted by Crippen LogP contribution is 2.16. The fraction of sp³-hybridized carbons (Fsp3) is 0.714. The summed E-state index contributed by atoms with van der Waals surface area (Å²) >= 11 is 0.252. The smallest absolute Gasteiger partial charge is 0.164 e. The number of hydrogen-bond donors (Lipinski definition) is 0. The summed E-state index contributed by atoms with van der Waals surface area (Å²) in [7, 11) is 0. The minimum absolute atomic E-state index is 0.252. The monoisotopic (exact) mass is 163 g/mol. The van der Waals surface area contributed by atoms with E-state index in [1.54, 1.807) is 4.31 Å². The molecular weight excluding hydrogens is 149 g/mol. The molecule has 0 aromatic heterocycles. The van der Waals surface area contributed by atoms with E-state index in [-0.39, 0.29) is 12.3 Å². The number of nitrogens with zero attached hydrogens (tertiary/aromatic N) is 1. The molecule has 0 aromatic rings. The lowest BCUT2D eigenvalue weighted by Crippen LogP contribution is -2.11. The number of rotatable bonds is 5. The summed E-state index contributed by atoms with van der Waals surface area (Å²) in [6.45, 7) is 8.29. The van der Waals surface area contributed by atoms with Crippen molar-refractivity contribution < 1.29 is 3.89 Å². The lowest BCUT2D eigenvalue weighted by Gasteiger charge is -2.16. The van der Waals surface area contributed by atoms with Gasteiger partial charge < -0.3 is 0 Å². The Labute approximate surface area is 66.7 Å².